The van der Waals surface area contributed by atoms with Gasteiger partial charge in [-0.15, -0.1) is 0 Å². The third-order valence-corrected chi connectivity index (χ3v) is 2.97. The second-order valence-corrected chi connectivity index (χ2v) is 7.33. The molecule has 2 N–H and O–H groups in total. The Morgan fingerprint density at radius 3 is 1.95 bits per heavy atom. The van der Waals surface area contributed by atoms with E-state index < -0.39 is 0 Å². The highest BCUT2D eigenvalue weighted by molar-refractivity contribution is 5.95. The summed E-state index contributed by atoms with van der Waals surface area (Å²) in [6.07, 6.45) is 0.872. The lowest BCUT2D eigenvalue weighted by molar-refractivity contribution is 0.101. The summed E-state index contributed by atoms with van der Waals surface area (Å²) in [5.74, 6) is 0.0114. The lowest BCUT2D eigenvalue weighted by Gasteiger charge is -2.33. The molecule has 0 saturated heterocycles. The number of hydrogen-bond acceptors (Lipinski definition) is 2. The predicted octanol–water partition coefficient (Wildman–Crippen LogP) is 4.23. The Bertz CT molecular complexity index is 511. The Morgan fingerprint density at radius 1 is 1.00 bits per heavy atom. The van der Waals surface area contributed by atoms with Gasteiger partial charge in [0.2, 0.25) is 0 Å². The monoisotopic (exact) mass is 290 g/mol. The molecule has 0 radical (unpaired) electrons. The number of carbonyl (C=O) groups excluding carboxylic acids is 2. The second kappa shape index (κ2) is 6.29. The number of rotatable bonds is 4. The first kappa shape index (κ1) is 17.2. The van der Waals surface area contributed by atoms with E-state index in [4.69, 9.17) is 0 Å². The molecule has 0 heterocycles. The molecule has 116 valence electrons. The van der Waals surface area contributed by atoms with Crippen LogP contribution in [0.2, 0.25) is 0 Å². The Morgan fingerprint density at radius 2 is 1.52 bits per heavy atom. The van der Waals surface area contributed by atoms with Crippen LogP contribution in [0.1, 0.15) is 58.3 Å². The number of Topliss-reactive ketones (excluding diaryl/α,β-unsaturated/α-hetero) is 1. The largest absolute Gasteiger partial charge is 0.333 e. The molecule has 0 aliphatic heterocycles. The maximum Gasteiger partial charge on any atom is 0.319 e. The Hall–Kier alpha value is -1.84. The number of benzene rings is 1. The van der Waals surface area contributed by atoms with Gasteiger partial charge >= 0.3 is 6.03 Å². The van der Waals surface area contributed by atoms with Crippen LogP contribution >= 0.6 is 0 Å². The molecule has 1 rings (SSSR count). The maximum atomic E-state index is 12.0. The Balaban J connectivity index is 2.63. The van der Waals surface area contributed by atoms with E-state index in [1.165, 1.54) is 6.92 Å². The summed E-state index contributed by atoms with van der Waals surface area (Å²) in [7, 11) is 0. The highest BCUT2D eigenvalue weighted by Gasteiger charge is 2.26. The molecule has 0 aliphatic rings. The topological polar surface area (TPSA) is 58.2 Å². The summed E-state index contributed by atoms with van der Waals surface area (Å²) in [6, 6.07) is 6.64. The third kappa shape index (κ3) is 6.43. The number of anilines is 1. The lowest BCUT2D eigenvalue weighted by atomic mass is 9.82. The van der Waals surface area contributed by atoms with Crippen molar-refractivity contribution in [3.05, 3.63) is 29.8 Å². The smallest absolute Gasteiger partial charge is 0.319 e. The van der Waals surface area contributed by atoms with Crippen molar-refractivity contribution in [2.24, 2.45) is 5.41 Å². The van der Waals surface area contributed by atoms with E-state index in [2.05, 4.69) is 31.4 Å². The molecule has 2 amide bonds. The Labute approximate surface area is 127 Å². The van der Waals surface area contributed by atoms with Gasteiger partial charge < -0.3 is 10.6 Å². The van der Waals surface area contributed by atoms with Gasteiger partial charge in [-0.1, -0.05) is 20.8 Å². The van der Waals surface area contributed by atoms with Gasteiger partial charge in [0.25, 0.3) is 0 Å². The van der Waals surface area contributed by atoms with Gasteiger partial charge in [-0.25, -0.2) is 4.79 Å². The lowest BCUT2D eigenvalue weighted by Crippen LogP contribution is -2.47. The van der Waals surface area contributed by atoms with E-state index in [-0.39, 0.29) is 22.8 Å². The van der Waals surface area contributed by atoms with Gasteiger partial charge in [-0.2, -0.15) is 0 Å². The highest BCUT2D eigenvalue weighted by atomic mass is 16.2. The van der Waals surface area contributed by atoms with Crippen molar-refractivity contribution in [3.63, 3.8) is 0 Å². The number of amides is 2. The van der Waals surface area contributed by atoms with Crippen LogP contribution in [0.25, 0.3) is 0 Å². The normalized spacial score (nSPS) is 11.9. The molecule has 0 spiro atoms. The van der Waals surface area contributed by atoms with Crippen LogP contribution in [0.15, 0.2) is 24.3 Å². The molecular formula is C17H26N2O2. The second-order valence-electron chi connectivity index (χ2n) is 7.33. The predicted molar refractivity (Wildman–Crippen MR) is 86.8 cm³/mol. The van der Waals surface area contributed by atoms with Gasteiger partial charge in [0.1, 0.15) is 0 Å². The Kier molecular flexibility index (Phi) is 5.15. The minimum atomic E-state index is -0.290. The van der Waals surface area contributed by atoms with Crippen LogP contribution in [-0.4, -0.2) is 17.4 Å². The molecule has 0 atom stereocenters. The summed E-state index contributed by atoms with van der Waals surface area (Å²) in [5.41, 5.74) is 1.15. The average molecular weight is 290 g/mol. The van der Waals surface area contributed by atoms with Crippen molar-refractivity contribution in [1.82, 2.24) is 5.32 Å². The van der Waals surface area contributed by atoms with Gasteiger partial charge in [0.15, 0.2) is 5.78 Å². The molecule has 4 heteroatoms. The van der Waals surface area contributed by atoms with Gasteiger partial charge in [-0.05, 0) is 56.9 Å². The number of hydrogen-bond donors (Lipinski definition) is 2. The van der Waals surface area contributed by atoms with Crippen molar-refractivity contribution >= 4 is 17.5 Å². The van der Waals surface area contributed by atoms with Crippen LogP contribution in [0, 0.1) is 5.41 Å². The standard InChI is InChI=1S/C17H26N2O2/c1-12(20)13-7-9-14(10-8-13)18-15(21)19-17(5,6)11-16(2,3)4/h7-10H,11H2,1-6H3,(H2,18,19,21). The van der Waals surface area contributed by atoms with Gasteiger partial charge in [-0.3, -0.25) is 4.79 Å². The number of carbonyl (C=O) groups is 2. The first-order valence-corrected chi connectivity index (χ1v) is 7.19. The van der Waals surface area contributed by atoms with Crippen LogP contribution in [0.4, 0.5) is 10.5 Å². The average Bonchev–Trinajstić information content (AvgIpc) is 2.24. The van der Waals surface area contributed by atoms with E-state index in [1.54, 1.807) is 24.3 Å². The molecular weight excluding hydrogens is 264 g/mol. The summed E-state index contributed by atoms with van der Waals surface area (Å²) in [4.78, 5) is 23.2. The minimum Gasteiger partial charge on any atom is -0.333 e. The number of urea groups is 1. The number of ketones is 1. The highest BCUT2D eigenvalue weighted by Crippen LogP contribution is 2.26. The van der Waals surface area contributed by atoms with Gasteiger partial charge in [0.05, 0.1) is 0 Å². The van der Waals surface area contributed by atoms with Crippen molar-refractivity contribution in [2.75, 3.05) is 5.32 Å². The fourth-order valence-electron chi connectivity index (χ4n) is 2.63. The first-order valence-electron chi connectivity index (χ1n) is 7.19. The molecule has 0 aromatic heterocycles. The summed E-state index contributed by atoms with van der Waals surface area (Å²) in [6.45, 7) is 12.0. The van der Waals surface area contributed by atoms with Crippen molar-refractivity contribution in [3.8, 4) is 0 Å². The fraction of sp³-hybridized carbons (Fsp3) is 0.529. The summed E-state index contributed by atoms with van der Waals surface area (Å²) >= 11 is 0. The molecule has 21 heavy (non-hydrogen) atoms. The van der Waals surface area contributed by atoms with Crippen molar-refractivity contribution < 1.29 is 9.59 Å². The van der Waals surface area contributed by atoms with E-state index in [9.17, 15) is 9.59 Å². The van der Waals surface area contributed by atoms with E-state index in [0.29, 0.717) is 11.3 Å². The van der Waals surface area contributed by atoms with Crippen LogP contribution in [0.3, 0.4) is 0 Å². The molecule has 1 aromatic rings. The van der Waals surface area contributed by atoms with Gasteiger partial charge in [0, 0.05) is 16.8 Å². The molecule has 0 fully saturated rings. The molecule has 0 unspecified atom stereocenters. The van der Waals surface area contributed by atoms with E-state index in [0.717, 1.165) is 6.42 Å². The van der Waals surface area contributed by atoms with E-state index in [1.807, 2.05) is 13.8 Å². The quantitative estimate of drug-likeness (QED) is 0.815. The van der Waals surface area contributed by atoms with Crippen molar-refractivity contribution in [1.29, 1.82) is 0 Å². The van der Waals surface area contributed by atoms with Crippen LogP contribution in [-0.2, 0) is 0 Å². The SMILES string of the molecule is CC(=O)c1ccc(NC(=O)NC(C)(C)CC(C)(C)C)cc1. The molecule has 0 bridgehead atoms. The molecule has 0 saturated carbocycles. The summed E-state index contributed by atoms with van der Waals surface area (Å²) < 4.78 is 0. The third-order valence-electron chi connectivity index (χ3n) is 2.97. The zero-order valence-electron chi connectivity index (χ0n) is 13.8. The van der Waals surface area contributed by atoms with E-state index >= 15 is 0 Å². The zero-order chi connectivity index (χ0) is 16.3. The molecule has 0 aliphatic carbocycles. The maximum absolute atomic E-state index is 12.0. The zero-order valence-corrected chi connectivity index (χ0v) is 13.8. The fourth-order valence-corrected chi connectivity index (χ4v) is 2.63. The van der Waals surface area contributed by atoms with Crippen LogP contribution in [0.5, 0.6) is 0 Å². The molecule has 4 nitrogen and oxygen atoms in total. The number of nitrogens with one attached hydrogen (secondary N) is 2. The molecule has 1 aromatic carbocycles. The minimum absolute atomic E-state index is 0.0114. The summed E-state index contributed by atoms with van der Waals surface area (Å²) in [5, 5.41) is 5.77. The van der Waals surface area contributed by atoms with Crippen LogP contribution < -0.4 is 10.6 Å². The van der Waals surface area contributed by atoms with Crippen molar-refractivity contribution in [2.45, 2.75) is 53.5 Å². The first-order chi connectivity index (χ1) is 9.48.